The summed E-state index contributed by atoms with van der Waals surface area (Å²) in [5.41, 5.74) is 1.52. The molecule has 2 aromatic rings. The Bertz CT molecular complexity index is 654. The number of aliphatic hydroxyl groups excluding tert-OH is 1. The highest BCUT2D eigenvalue weighted by Gasteiger charge is 2.18. The van der Waals surface area contributed by atoms with E-state index in [1.54, 1.807) is 24.3 Å². The van der Waals surface area contributed by atoms with Crippen LogP contribution in [0.5, 0.6) is 0 Å². The van der Waals surface area contributed by atoms with Crippen molar-refractivity contribution in [2.75, 3.05) is 19.7 Å². The molecule has 0 aromatic heterocycles. The zero-order chi connectivity index (χ0) is 19.8. The van der Waals surface area contributed by atoms with Gasteiger partial charge in [0.25, 0.3) is 0 Å². The van der Waals surface area contributed by atoms with Gasteiger partial charge in [-0.15, -0.1) is 0 Å². The van der Waals surface area contributed by atoms with Crippen LogP contribution in [-0.2, 0) is 4.74 Å². The van der Waals surface area contributed by atoms with Gasteiger partial charge in [0.05, 0.1) is 12.7 Å². The lowest BCUT2D eigenvalue weighted by molar-refractivity contribution is 0.00617. The van der Waals surface area contributed by atoms with Gasteiger partial charge in [-0.2, -0.15) is 0 Å². The first-order valence-corrected chi connectivity index (χ1v) is 10.1. The largest absolute Gasteiger partial charge is 0.389 e. The Hall–Kier alpha value is -1.82. The molecule has 0 radical (unpaired) electrons. The summed E-state index contributed by atoms with van der Waals surface area (Å²) in [6.45, 7) is 1.53. The summed E-state index contributed by atoms with van der Waals surface area (Å²) in [5, 5.41) is 13.6. The van der Waals surface area contributed by atoms with Crippen LogP contribution in [0.15, 0.2) is 48.5 Å². The van der Waals surface area contributed by atoms with Crippen molar-refractivity contribution < 1.29 is 18.6 Å². The summed E-state index contributed by atoms with van der Waals surface area (Å²) in [6, 6.07) is 12.1. The van der Waals surface area contributed by atoms with E-state index in [1.807, 2.05) is 0 Å². The molecular weight excluding hydrogens is 360 g/mol. The lowest BCUT2D eigenvalue weighted by atomic mass is 9.89. The first-order chi connectivity index (χ1) is 13.6. The number of halogens is 2. The van der Waals surface area contributed by atoms with E-state index in [4.69, 9.17) is 4.74 Å². The topological polar surface area (TPSA) is 41.5 Å². The Morgan fingerprint density at radius 3 is 1.96 bits per heavy atom. The van der Waals surface area contributed by atoms with Crippen molar-refractivity contribution in [2.45, 2.75) is 44.3 Å². The predicted molar refractivity (Wildman–Crippen MR) is 106 cm³/mol. The molecule has 0 heterocycles. The standard InChI is InChI=1S/C23H29F2NO2/c24-20-10-6-18(7-11-20)23(19-8-12-21(25)13-9-19)28-16-22(27)15-26-14-17-4-2-1-3-5-17/h6-13,17,22-23,26-27H,1-5,14-16H2. The molecule has 2 N–H and O–H groups in total. The molecule has 1 fully saturated rings. The van der Waals surface area contributed by atoms with E-state index in [1.165, 1.54) is 56.4 Å². The van der Waals surface area contributed by atoms with Crippen LogP contribution >= 0.6 is 0 Å². The van der Waals surface area contributed by atoms with E-state index in [9.17, 15) is 13.9 Å². The van der Waals surface area contributed by atoms with Gasteiger partial charge >= 0.3 is 0 Å². The van der Waals surface area contributed by atoms with Crippen LogP contribution in [0.25, 0.3) is 0 Å². The third kappa shape index (κ3) is 6.36. The number of nitrogens with one attached hydrogen (secondary N) is 1. The Kier molecular flexibility index (Phi) is 7.95. The van der Waals surface area contributed by atoms with Crippen molar-refractivity contribution in [1.29, 1.82) is 0 Å². The third-order valence-electron chi connectivity index (χ3n) is 5.34. The number of aliphatic hydroxyl groups is 1. The van der Waals surface area contributed by atoms with Gasteiger partial charge in [-0.25, -0.2) is 8.78 Å². The van der Waals surface area contributed by atoms with Crippen molar-refractivity contribution in [3.8, 4) is 0 Å². The number of benzene rings is 2. The molecule has 0 spiro atoms. The second kappa shape index (κ2) is 10.6. The molecule has 0 amide bonds. The Morgan fingerprint density at radius 2 is 1.43 bits per heavy atom. The minimum absolute atomic E-state index is 0.136. The highest BCUT2D eigenvalue weighted by atomic mass is 19.1. The minimum atomic E-state index is -0.646. The van der Waals surface area contributed by atoms with Crippen LogP contribution in [0.4, 0.5) is 8.78 Å². The quantitative estimate of drug-likeness (QED) is 0.659. The number of hydrogen-bond acceptors (Lipinski definition) is 3. The first-order valence-electron chi connectivity index (χ1n) is 10.1. The van der Waals surface area contributed by atoms with Gasteiger partial charge in [-0.05, 0) is 60.7 Å². The number of ether oxygens (including phenoxy) is 1. The molecule has 3 nitrogen and oxygen atoms in total. The molecule has 152 valence electrons. The second-order valence-corrected chi connectivity index (χ2v) is 7.63. The smallest absolute Gasteiger partial charge is 0.123 e. The minimum Gasteiger partial charge on any atom is -0.389 e. The lowest BCUT2D eigenvalue weighted by Crippen LogP contribution is -2.34. The maximum atomic E-state index is 13.3. The SMILES string of the molecule is OC(CNCC1CCCCC1)COC(c1ccc(F)cc1)c1ccc(F)cc1. The fraction of sp³-hybridized carbons (Fsp3) is 0.478. The van der Waals surface area contributed by atoms with Gasteiger partial charge in [0, 0.05) is 6.54 Å². The average molecular weight is 389 g/mol. The number of hydrogen-bond donors (Lipinski definition) is 2. The summed E-state index contributed by atoms with van der Waals surface area (Å²) < 4.78 is 32.5. The zero-order valence-electron chi connectivity index (χ0n) is 16.1. The lowest BCUT2D eigenvalue weighted by Gasteiger charge is -2.24. The van der Waals surface area contributed by atoms with Crippen molar-refractivity contribution in [1.82, 2.24) is 5.32 Å². The van der Waals surface area contributed by atoms with Crippen molar-refractivity contribution in [3.05, 3.63) is 71.3 Å². The van der Waals surface area contributed by atoms with Crippen LogP contribution in [-0.4, -0.2) is 30.9 Å². The maximum absolute atomic E-state index is 13.3. The van der Waals surface area contributed by atoms with Crippen LogP contribution in [0.3, 0.4) is 0 Å². The number of rotatable bonds is 9. The Morgan fingerprint density at radius 1 is 0.893 bits per heavy atom. The van der Waals surface area contributed by atoms with E-state index >= 15 is 0 Å². The Balaban J connectivity index is 1.54. The molecule has 1 saturated carbocycles. The molecule has 5 heteroatoms. The molecule has 2 aromatic carbocycles. The van der Waals surface area contributed by atoms with Crippen LogP contribution < -0.4 is 5.32 Å². The van der Waals surface area contributed by atoms with E-state index in [-0.39, 0.29) is 18.2 Å². The zero-order valence-corrected chi connectivity index (χ0v) is 16.1. The van der Waals surface area contributed by atoms with Gasteiger partial charge in [0.1, 0.15) is 17.7 Å². The monoisotopic (exact) mass is 389 g/mol. The van der Waals surface area contributed by atoms with E-state index in [0.717, 1.165) is 17.7 Å². The molecule has 28 heavy (non-hydrogen) atoms. The molecule has 1 aliphatic carbocycles. The molecule has 0 bridgehead atoms. The predicted octanol–water partition coefficient (Wildman–Crippen LogP) is 4.60. The maximum Gasteiger partial charge on any atom is 0.123 e. The first kappa shape index (κ1) is 20.9. The van der Waals surface area contributed by atoms with Crippen molar-refractivity contribution in [2.24, 2.45) is 5.92 Å². The van der Waals surface area contributed by atoms with Gasteiger partial charge < -0.3 is 15.2 Å². The molecule has 3 rings (SSSR count). The van der Waals surface area contributed by atoms with Crippen molar-refractivity contribution >= 4 is 0 Å². The van der Waals surface area contributed by atoms with Crippen LogP contribution in [0.2, 0.25) is 0 Å². The van der Waals surface area contributed by atoms with Crippen LogP contribution in [0.1, 0.15) is 49.3 Å². The van der Waals surface area contributed by atoms with Crippen molar-refractivity contribution in [3.63, 3.8) is 0 Å². The van der Waals surface area contributed by atoms with Gasteiger partial charge in [-0.3, -0.25) is 0 Å². The summed E-state index contributed by atoms with van der Waals surface area (Å²) in [4.78, 5) is 0. The summed E-state index contributed by atoms with van der Waals surface area (Å²) in [6.07, 6.45) is 5.32. The normalized spacial score (nSPS) is 16.4. The van der Waals surface area contributed by atoms with E-state index in [0.29, 0.717) is 12.5 Å². The van der Waals surface area contributed by atoms with E-state index < -0.39 is 12.2 Å². The highest BCUT2D eigenvalue weighted by Crippen LogP contribution is 2.27. The molecule has 1 unspecified atom stereocenters. The summed E-state index contributed by atoms with van der Waals surface area (Å²) in [5.74, 6) is 0.0511. The fourth-order valence-electron chi connectivity index (χ4n) is 3.77. The fourth-order valence-corrected chi connectivity index (χ4v) is 3.77. The van der Waals surface area contributed by atoms with Gasteiger partial charge in [0.15, 0.2) is 0 Å². The summed E-state index contributed by atoms with van der Waals surface area (Å²) in [7, 11) is 0. The van der Waals surface area contributed by atoms with E-state index in [2.05, 4.69) is 5.32 Å². The third-order valence-corrected chi connectivity index (χ3v) is 5.34. The average Bonchev–Trinajstić information content (AvgIpc) is 2.71. The molecule has 0 aliphatic heterocycles. The summed E-state index contributed by atoms with van der Waals surface area (Å²) >= 11 is 0. The molecule has 0 saturated heterocycles. The van der Waals surface area contributed by atoms with Crippen LogP contribution in [0, 0.1) is 17.6 Å². The molecule has 1 atom stereocenters. The van der Waals surface area contributed by atoms with Gasteiger partial charge in [-0.1, -0.05) is 43.5 Å². The van der Waals surface area contributed by atoms with Gasteiger partial charge in [0.2, 0.25) is 0 Å². The highest BCUT2D eigenvalue weighted by molar-refractivity contribution is 5.30. The molecular formula is C23H29F2NO2. The molecule has 1 aliphatic rings. The second-order valence-electron chi connectivity index (χ2n) is 7.63. The Labute approximate surface area is 165 Å².